The van der Waals surface area contributed by atoms with Crippen LogP contribution in [0.3, 0.4) is 0 Å². The molecule has 1 N–H and O–H groups in total. The van der Waals surface area contributed by atoms with Crippen LogP contribution in [0.15, 0.2) is 0 Å². The Morgan fingerprint density at radius 2 is 1.75 bits per heavy atom. The lowest BCUT2D eigenvalue weighted by atomic mass is 9.91. The highest BCUT2D eigenvalue weighted by Gasteiger charge is 2.35. The largest absolute Gasteiger partial charge is 0.368 e. The molecule has 0 aromatic carbocycles. The number of nitrogens with zero attached hydrogens (tertiary/aromatic N) is 1. The molecule has 0 bridgehead atoms. The number of nitrogens with one attached hydrogen (secondary N) is 1. The Morgan fingerprint density at radius 3 is 2.15 bits per heavy atom. The number of hydrogen-bond donors (Lipinski definition) is 1. The number of rotatable bonds is 7. The summed E-state index contributed by atoms with van der Waals surface area (Å²) in [5.74, 6) is 0. The van der Waals surface area contributed by atoms with Crippen LogP contribution in [0.1, 0.15) is 70.0 Å². The predicted octanol–water partition coefficient (Wildman–Crippen LogP) is 4.21. The van der Waals surface area contributed by atoms with Crippen molar-refractivity contribution in [2.45, 2.75) is 71.9 Å². The van der Waals surface area contributed by atoms with E-state index in [0.29, 0.717) is 0 Å². The number of ether oxygens (including phenoxy) is 1. The Kier molecular flexibility index (Phi) is 6.17. The highest BCUT2D eigenvalue weighted by Crippen LogP contribution is 2.39. The second-order valence-electron chi connectivity index (χ2n) is 6.21. The van der Waals surface area contributed by atoms with Gasteiger partial charge in [0.15, 0.2) is 0 Å². The molecule has 0 saturated carbocycles. The molecule has 0 saturated heterocycles. The lowest BCUT2D eigenvalue weighted by Gasteiger charge is -2.29. The molecule has 0 radical (unpaired) electrons. The molecule has 0 unspecified atom stereocenters. The molecule has 0 amide bonds. The van der Waals surface area contributed by atoms with Crippen LogP contribution < -0.4 is 5.32 Å². The lowest BCUT2D eigenvalue weighted by Crippen LogP contribution is -2.28. The van der Waals surface area contributed by atoms with E-state index in [-0.39, 0.29) is 11.0 Å². The molecule has 1 rings (SSSR count). The van der Waals surface area contributed by atoms with Gasteiger partial charge in [0, 0.05) is 23.4 Å². The molecule has 0 atom stereocenters. The Labute approximate surface area is 128 Å². The zero-order valence-electron chi connectivity index (χ0n) is 14.1. The van der Waals surface area contributed by atoms with Crippen LogP contribution in [-0.2, 0) is 22.3 Å². The Balaban J connectivity index is 3.31. The quantitative estimate of drug-likeness (QED) is 0.818. The molecule has 0 aliphatic carbocycles. The van der Waals surface area contributed by atoms with E-state index in [4.69, 9.17) is 9.72 Å². The first-order valence-electron chi connectivity index (χ1n) is 7.63. The average molecular weight is 298 g/mol. The smallest absolute Gasteiger partial charge is 0.125 e. The van der Waals surface area contributed by atoms with Gasteiger partial charge in [-0.1, -0.05) is 34.6 Å². The SMILES string of the molecule is CCOC(CC)(CC)c1nc(C(C)(C)C)c(CNC)s1. The zero-order chi connectivity index (χ0) is 15.4. The van der Waals surface area contributed by atoms with E-state index in [2.05, 4.69) is 46.9 Å². The molecule has 0 aliphatic heterocycles. The van der Waals surface area contributed by atoms with E-state index in [9.17, 15) is 0 Å². The van der Waals surface area contributed by atoms with Crippen LogP contribution in [-0.4, -0.2) is 18.6 Å². The molecule has 1 aromatic heterocycles. The third-order valence-corrected chi connectivity index (χ3v) is 4.94. The number of hydrogen-bond acceptors (Lipinski definition) is 4. The average Bonchev–Trinajstić information content (AvgIpc) is 2.81. The second kappa shape index (κ2) is 7.01. The van der Waals surface area contributed by atoms with Gasteiger partial charge in [-0.05, 0) is 26.8 Å². The van der Waals surface area contributed by atoms with E-state index in [1.165, 1.54) is 10.6 Å². The summed E-state index contributed by atoms with van der Waals surface area (Å²) in [6, 6.07) is 0. The van der Waals surface area contributed by atoms with Gasteiger partial charge < -0.3 is 10.1 Å². The van der Waals surface area contributed by atoms with Crippen molar-refractivity contribution in [3.63, 3.8) is 0 Å². The Bertz CT molecular complexity index is 417. The maximum absolute atomic E-state index is 6.10. The molecule has 0 aliphatic rings. The van der Waals surface area contributed by atoms with Gasteiger partial charge in [0.1, 0.15) is 10.6 Å². The molecule has 3 nitrogen and oxygen atoms in total. The summed E-state index contributed by atoms with van der Waals surface area (Å²) in [7, 11) is 1.99. The van der Waals surface area contributed by atoms with Crippen LogP contribution in [0.25, 0.3) is 0 Å². The second-order valence-corrected chi connectivity index (χ2v) is 7.29. The van der Waals surface area contributed by atoms with Gasteiger partial charge in [-0.15, -0.1) is 11.3 Å². The minimum atomic E-state index is -0.217. The zero-order valence-corrected chi connectivity index (χ0v) is 14.9. The number of thiazole rings is 1. The monoisotopic (exact) mass is 298 g/mol. The fourth-order valence-electron chi connectivity index (χ4n) is 2.51. The van der Waals surface area contributed by atoms with Gasteiger partial charge in [0.2, 0.25) is 0 Å². The summed E-state index contributed by atoms with van der Waals surface area (Å²) >= 11 is 1.81. The fourth-order valence-corrected chi connectivity index (χ4v) is 4.08. The van der Waals surface area contributed by atoms with Crippen molar-refractivity contribution < 1.29 is 4.74 Å². The first-order chi connectivity index (χ1) is 9.34. The lowest BCUT2D eigenvalue weighted by molar-refractivity contribution is -0.0507. The van der Waals surface area contributed by atoms with Gasteiger partial charge in [-0.2, -0.15) is 0 Å². The first-order valence-corrected chi connectivity index (χ1v) is 8.45. The molecule has 20 heavy (non-hydrogen) atoms. The minimum Gasteiger partial charge on any atom is -0.368 e. The van der Waals surface area contributed by atoms with Gasteiger partial charge in [0.05, 0.1) is 5.69 Å². The van der Waals surface area contributed by atoms with E-state index < -0.39 is 0 Å². The van der Waals surface area contributed by atoms with Gasteiger partial charge in [-0.25, -0.2) is 4.98 Å². The van der Waals surface area contributed by atoms with E-state index >= 15 is 0 Å². The maximum Gasteiger partial charge on any atom is 0.125 e. The third-order valence-electron chi connectivity index (χ3n) is 3.70. The van der Waals surface area contributed by atoms with Crippen molar-refractivity contribution in [3.8, 4) is 0 Å². The third kappa shape index (κ3) is 3.60. The van der Waals surface area contributed by atoms with Crippen molar-refractivity contribution >= 4 is 11.3 Å². The van der Waals surface area contributed by atoms with Crippen LogP contribution in [0.5, 0.6) is 0 Å². The van der Waals surface area contributed by atoms with Gasteiger partial charge >= 0.3 is 0 Å². The summed E-state index contributed by atoms with van der Waals surface area (Å²) in [6.07, 6.45) is 1.93. The highest BCUT2D eigenvalue weighted by molar-refractivity contribution is 7.11. The van der Waals surface area contributed by atoms with Crippen LogP contribution >= 0.6 is 11.3 Å². The minimum absolute atomic E-state index is 0.0698. The predicted molar refractivity (Wildman–Crippen MR) is 87.5 cm³/mol. The molecule has 4 heteroatoms. The van der Waals surface area contributed by atoms with Crippen LogP contribution in [0.2, 0.25) is 0 Å². The van der Waals surface area contributed by atoms with E-state index in [0.717, 1.165) is 31.0 Å². The standard InChI is InChI=1S/C16H30N2OS/c1-8-16(9-2,19-10-3)14-18-13(15(4,5)6)12(20-14)11-17-7/h17H,8-11H2,1-7H3. The van der Waals surface area contributed by atoms with Crippen LogP contribution in [0, 0.1) is 0 Å². The number of aromatic nitrogens is 1. The molecule has 0 fully saturated rings. The van der Waals surface area contributed by atoms with Crippen molar-refractivity contribution in [3.05, 3.63) is 15.6 Å². The first kappa shape index (κ1) is 17.6. The van der Waals surface area contributed by atoms with E-state index in [1.54, 1.807) is 0 Å². The summed E-state index contributed by atoms with van der Waals surface area (Å²) in [5.41, 5.74) is 1.06. The Morgan fingerprint density at radius 1 is 1.15 bits per heavy atom. The summed E-state index contributed by atoms with van der Waals surface area (Å²) in [6.45, 7) is 14.7. The molecule has 1 heterocycles. The summed E-state index contributed by atoms with van der Waals surface area (Å²) in [5, 5.41) is 4.40. The topological polar surface area (TPSA) is 34.1 Å². The van der Waals surface area contributed by atoms with Crippen molar-refractivity contribution in [2.24, 2.45) is 0 Å². The normalized spacial score (nSPS) is 12.9. The summed E-state index contributed by atoms with van der Waals surface area (Å²) < 4.78 is 6.10. The van der Waals surface area contributed by atoms with Crippen molar-refractivity contribution in [1.29, 1.82) is 0 Å². The highest BCUT2D eigenvalue weighted by atomic mass is 32.1. The molecule has 116 valence electrons. The van der Waals surface area contributed by atoms with Gasteiger partial charge in [0.25, 0.3) is 0 Å². The van der Waals surface area contributed by atoms with Crippen molar-refractivity contribution in [1.82, 2.24) is 10.3 Å². The molecule has 1 aromatic rings. The summed E-state index contributed by atoms with van der Waals surface area (Å²) in [4.78, 5) is 6.32. The molecule has 0 spiro atoms. The van der Waals surface area contributed by atoms with Crippen molar-refractivity contribution in [2.75, 3.05) is 13.7 Å². The molecular formula is C16H30N2OS. The molecular weight excluding hydrogens is 268 g/mol. The van der Waals surface area contributed by atoms with Gasteiger partial charge in [-0.3, -0.25) is 0 Å². The van der Waals surface area contributed by atoms with Crippen LogP contribution in [0.4, 0.5) is 0 Å². The van der Waals surface area contributed by atoms with E-state index in [1.807, 2.05) is 18.4 Å². The fraction of sp³-hybridized carbons (Fsp3) is 0.812. The Hall–Kier alpha value is -0.450. The maximum atomic E-state index is 6.10.